The summed E-state index contributed by atoms with van der Waals surface area (Å²) in [6.07, 6.45) is -0.412. The second kappa shape index (κ2) is 7.22. The molecule has 0 aromatic heterocycles. The Hall–Kier alpha value is -1.88. The molecule has 0 bridgehead atoms. The van der Waals surface area contributed by atoms with Crippen LogP contribution in [0.3, 0.4) is 0 Å². The fourth-order valence-corrected chi connectivity index (χ4v) is 2.16. The summed E-state index contributed by atoms with van der Waals surface area (Å²) in [7, 11) is 0. The van der Waals surface area contributed by atoms with E-state index >= 15 is 0 Å². The zero-order chi connectivity index (χ0) is 15.2. The minimum Gasteiger partial charge on any atom is -0.388 e. The quantitative estimate of drug-likeness (QED) is 0.586. The highest BCUT2D eigenvalue weighted by Crippen LogP contribution is 2.25. The van der Waals surface area contributed by atoms with Gasteiger partial charge in [-0.05, 0) is 35.2 Å². The van der Waals surface area contributed by atoms with Gasteiger partial charge in [0, 0.05) is 11.4 Å². The van der Waals surface area contributed by atoms with Gasteiger partial charge in [-0.1, -0.05) is 48.0 Å². The second-order valence-electron chi connectivity index (χ2n) is 4.72. The molecule has 2 aromatic rings. The van der Waals surface area contributed by atoms with Gasteiger partial charge in [-0.2, -0.15) is 0 Å². The maximum absolute atomic E-state index is 10.9. The lowest BCUT2D eigenvalue weighted by molar-refractivity contribution is -0.129. The number of halogens is 1. The molecule has 0 saturated heterocycles. The van der Waals surface area contributed by atoms with Crippen LogP contribution in [-0.2, 0) is 4.79 Å². The predicted octanol–water partition coefficient (Wildman–Crippen LogP) is 3.33. The molecule has 110 valence electrons. The number of carbonyl (C=O) groups is 1. The predicted molar refractivity (Wildman–Crippen MR) is 81.0 cm³/mol. The first-order valence-corrected chi connectivity index (χ1v) is 6.95. The molecule has 0 aliphatic rings. The van der Waals surface area contributed by atoms with Gasteiger partial charge in [-0.3, -0.25) is 10.0 Å². The molecule has 3 N–H and O–H groups in total. The van der Waals surface area contributed by atoms with Gasteiger partial charge in [0.15, 0.2) is 0 Å². The van der Waals surface area contributed by atoms with E-state index in [1.165, 1.54) is 0 Å². The summed E-state index contributed by atoms with van der Waals surface area (Å²) in [5.41, 5.74) is 4.35. The van der Waals surface area contributed by atoms with E-state index in [-0.39, 0.29) is 12.8 Å². The maximum atomic E-state index is 10.9. The third-order valence-electron chi connectivity index (χ3n) is 3.24. The van der Waals surface area contributed by atoms with Crippen molar-refractivity contribution < 1.29 is 15.1 Å². The summed E-state index contributed by atoms with van der Waals surface area (Å²) in [5.74, 6) is -0.508. The first-order chi connectivity index (χ1) is 10.1. The van der Waals surface area contributed by atoms with Crippen molar-refractivity contribution in [2.75, 3.05) is 0 Å². The SMILES string of the molecule is O=C(CCC(O)c1ccc(-c2ccc(Cl)cc2)cc1)NO. The molecule has 0 fully saturated rings. The largest absolute Gasteiger partial charge is 0.388 e. The number of hydrogen-bond acceptors (Lipinski definition) is 3. The Morgan fingerprint density at radius 1 is 1.05 bits per heavy atom. The van der Waals surface area contributed by atoms with Crippen LogP contribution in [0.15, 0.2) is 48.5 Å². The number of rotatable bonds is 5. The maximum Gasteiger partial charge on any atom is 0.243 e. The Morgan fingerprint density at radius 2 is 1.57 bits per heavy atom. The molecule has 0 radical (unpaired) electrons. The van der Waals surface area contributed by atoms with E-state index in [9.17, 15) is 9.90 Å². The van der Waals surface area contributed by atoms with E-state index in [0.29, 0.717) is 5.02 Å². The summed E-state index contributed by atoms with van der Waals surface area (Å²) in [4.78, 5) is 10.9. The van der Waals surface area contributed by atoms with E-state index in [4.69, 9.17) is 16.8 Å². The van der Waals surface area contributed by atoms with Crippen molar-refractivity contribution in [2.24, 2.45) is 0 Å². The molecular formula is C16H16ClNO3. The van der Waals surface area contributed by atoms with Crippen LogP contribution in [0.25, 0.3) is 11.1 Å². The molecule has 0 saturated carbocycles. The molecule has 5 heteroatoms. The van der Waals surface area contributed by atoms with Gasteiger partial charge in [0.05, 0.1) is 6.10 Å². The minimum atomic E-state index is -0.735. The average Bonchev–Trinajstić information content (AvgIpc) is 2.53. The van der Waals surface area contributed by atoms with Crippen LogP contribution < -0.4 is 5.48 Å². The van der Waals surface area contributed by atoms with Gasteiger partial charge in [0.25, 0.3) is 0 Å². The Balaban J connectivity index is 2.04. The van der Waals surface area contributed by atoms with Crippen LogP contribution in [0.2, 0.25) is 5.02 Å². The molecule has 4 nitrogen and oxygen atoms in total. The van der Waals surface area contributed by atoms with Crippen molar-refractivity contribution in [1.82, 2.24) is 5.48 Å². The van der Waals surface area contributed by atoms with E-state index in [0.717, 1.165) is 16.7 Å². The van der Waals surface area contributed by atoms with E-state index in [1.807, 2.05) is 48.5 Å². The third-order valence-corrected chi connectivity index (χ3v) is 3.49. The molecule has 2 aromatic carbocycles. The van der Waals surface area contributed by atoms with Crippen LogP contribution in [0.1, 0.15) is 24.5 Å². The van der Waals surface area contributed by atoms with E-state index < -0.39 is 12.0 Å². The van der Waals surface area contributed by atoms with Gasteiger partial charge in [0.2, 0.25) is 5.91 Å². The summed E-state index contributed by atoms with van der Waals surface area (Å²) >= 11 is 5.85. The molecule has 21 heavy (non-hydrogen) atoms. The van der Waals surface area contributed by atoms with Crippen molar-refractivity contribution in [3.05, 3.63) is 59.1 Å². The van der Waals surface area contributed by atoms with Gasteiger partial charge < -0.3 is 5.11 Å². The highest BCUT2D eigenvalue weighted by atomic mass is 35.5. The zero-order valence-corrected chi connectivity index (χ0v) is 12.0. The summed E-state index contributed by atoms with van der Waals surface area (Å²) in [6, 6.07) is 15.0. The number of hydroxylamine groups is 1. The average molecular weight is 306 g/mol. The minimum absolute atomic E-state index is 0.0661. The Labute approximate surface area is 128 Å². The second-order valence-corrected chi connectivity index (χ2v) is 5.15. The highest BCUT2D eigenvalue weighted by Gasteiger charge is 2.10. The van der Waals surface area contributed by atoms with Gasteiger partial charge in [0.1, 0.15) is 0 Å². The first kappa shape index (κ1) is 15.5. The molecular weight excluding hydrogens is 290 g/mol. The molecule has 1 amide bonds. The number of hydrogen-bond donors (Lipinski definition) is 3. The Morgan fingerprint density at radius 3 is 2.10 bits per heavy atom. The molecule has 0 aliphatic heterocycles. The topological polar surface area (TPSA) is 69.6 Å². The Kier molecular flexibility index (Phi) is 5.33. The van der Waals surface area contributed by atoms with Crippen molar-refractivity contribution in [1.29, 1.82) is 0 Å². The number of benzene rings is 2. The fourth-order valence-electron chi connectivity index (χ4n) is 2.03. The zero-order valence-electron chi connectivity index (χ0n) is 11.3. The fraction of sp³-hybridized carbons (Fsp3) is 0.188. The lowest BCUT2D eigenvalue weighted by Gasteiger charge is -2.11. The first-order valence-electron chi connectivity index (χ1n) is 6.57. The van der Waals surface area contributed by atoms with Crippen LogP contribution in [0, 0.1) is 0 Å². The van der Waals surface area contributed by atoms with E-state index in [1.54, 1.807) is 5.48 Å². The molecule has 0 spiro atoms. The molecule has 0 aliphatic carbocycles. The van der Waals surface area contributed by atoms with Crippen LogP contribution in [0.4, 0.5) is 0 Å². The van der Waals surface area contributed by atoms with E-state index in [2.05, 4.69) is 0 Å². The smallest absolute Gasteiger partial charge is 0.243 e. The summed E-state index contributed by atoms with van der Waals surface area (Å²) < 4.78 is 0. The summed E-state index contributed by atoms with van der Waals surface area (Å²) in [5, 5.41) is 19.1. The monoisotopic (exact) mass is 305 g/mol. The van der Waals surface area contributed by atoms with Gasteiger partial charge in [-0.25, -0.2) is 5.48 Å². The van der Waals surface area contributed by atoms with Gasteiger partial charge >= 0.3 is 0 Å². The van der Waals surface area contributed by atoms with Crippen molar-refractivity contribution in [3.63, 3.8) is 0 Å². The van der Waals surface area contributed by atoms with Crippen molar-refractivity contribution in [3.8, 4) is 11.1 Å². The van der Waals surface area contributed by atoms with Crippen LogP contribution in [-0.4, -0.2) is 16.2 Å². The Bertz CT molecular complexity index is 596. The highest BCUT2D eigenvalue weighted by molar-refractivity contribution is 6.30. The number of amides is 1. The van der Waals surface area contributed by atoms with Crippen molar-refractivity contribution in [2.45, 2.75) is 18.9 Å². The third kappa shape index (κ3) is 4.29. The summed E-state index contributed by atoms with van der Waals surface area (Å²) in [6.45, 7) is 0. The lowest BCUT2D eigenvalue weighted by atomic mass is 10.00. The molecule has 2 rings (SSSR count). The standard InChI is InChI=1S/C16H16ClNO3/c17-14-7-5-12(6-8-14)11-1-3-13(4-2-11)15(19)9-10-16(20)18-21/h1-8,15,19,21H,9-10H2,(H,18,20). The number of carbonyl (C=O) groups excluding carboxylic acids is 1. The van der Waals surface area contributed by atoms with Crippen LogP contribution >= 0.6 is 11.6 Å². The normalized spacial score (nSPS) is 12.0. The van der Waals surface area contributed by atoms with Crippen molar-refractivity contribution >= 4 is 17.5 Å². The van der Waals surface area contributed by atoms with Gasteiger partial charge in [-0.15, -0.1) is 0 Å². The molecule has 1 unspecified atom stereocenters. The number of nitrogens with one attached hydrogen (secondary N) is 1. The molecule has 1 atom stereocenters. The molecule has 0 heterocycles. The van der Waals surface area contributed by atoms with Crippen LogP contribution in [0.5, 0.6) is 0 Å². The lowest BCUT2D eigenvalue weighted by Crippen LogP contribution is -2.18. The number of aliphatic hydroxyl groups excluding tert-OH is 1. The number of aliphatic hydroxyl groups is 1.